The number of aromatic nitrogens is 2. The number of nitrogens with zero attached hydrogens (tertiary/aromatic N) is 2. The summed E-state index contributed by atoms with van der Waals surface area (Å²) >= 11 is 3.33. The van der Waals surface area contributed by atoms with Crippen molar-refractivity contribution in [2.45, 2.75) is 6.92 Å². The predicted molar refractivity (Wildman–Crippen MR) is 62.8 cm³/mol. The van der Waals surface area contributed by atoms with E-state index in [1.807, 2.05) is 29.5 Å². The van der Waals surface area contributed by atoms with Gasteiger partial charge in [0.25, 0.3) is 0 Å². The number of hydrogen-bond acceptors (Lipinski definition) is 3. The second-order valence-corrected chi connectivity index (χ2v) is 4.54. The molecule has 2 rings (SSSR count). The maximum atomic E-state index is 13.0. The van der Waals surface area contributed by atoms with E-state index in [9.17, 15) is 4.39 Å². The molecular formula is C9H6FIN2S. The molecule has 0 aliphatic carbocycles. The Balaban J connectivity index is 2.55. The average molecular weight is 320 g/mol. The summed E-state index contributed by atoms with van der Waals surface area (Å²) in [7, 11) is 0. The van der Waals surface area contributed by atoms with Gasteiger partial charge in [0.05, 0.1) is 0 Å². The van der Waals surface area contributed by atoms with E-state index in [1.165, 1.54) is 23.7 Å². The Hall–Kier alpha value is -0.560. The van der Waals surface area contributed by atoms with Gasteiger partial charge in [0, 0.05) is 28.2 Å². The number of halogens is 2. The van der Waals surface area contributed by atoms with Gasteiger partial charge < -0.3 is 0 Å². The molecule has 72 valence electrons. The van der Waals surface area contributed by atoms with Crippen LogP contribution in [-0.2, 0) is 0 Å². The summed E-state index contributed by atoms with van der Waals surface area (Å²) in [5.74, 6) is -0.240. The van der Waals surface area contributed by atoms with Gasteiger partial charge in [0.1, 0.15) is 10.8 Å². The fourth-order valence-electron chi connectivity index (χ4n) is 1.14. The quantitative estimate of drug-likeness (QED) is 0.754. The molecule has 0 atom stereocenters. The minimum Gasteiger partial charge on any atom is -0.210 e. The lowest BCUT2D eigenvalue weighted by atomic mass is 10.1. The molecule has 0 aliphatic heterocycles. The van der Waals surface area contributed by atoms with Gasteiger partial charge in [-0.15, -0.1) is 0 Å². The van der Waals surface area contributed by atoms with Gasteiger partial charge in [-0.1, -0.05) is 6.07 Å². The largest absolute Gasteiger partial charge is 0.210 e. The van der Waals surface area contributed by atoms with Crippen molar-refractivity contribution in [3.05, 3.63) is 33.4 Å². The lowest BCUT2D eigenvalue weighted by Gasteiger charge is -2.00. The average Bonchev–Trinajstić information content (AvgIpc) is 2.56. The van der Waals surface area contributed by atoms with Crippen LogP contribution in [0.1, 0.15) is 5.56 Å². The van der Waals surface area contributed by atoms with Crippen molar-refractivity contribution in [3.63, 3.8) is 0 Å². The van der Waals surface area contributed by atoms with Gasteiger partial charge in [0.2, 0.25) is 3.83 Å². The Labute approximate surface area is 98.5 Å². The van der Waals surface area contributed by atoms with Crippen molar-refractivity contribution in [3.8, 4) is 10.6 Å². The van der Waals surface area contributed by atoms with Gasteiger partial charge >= 0.3 is 0 Å². The lowest BCUT2D eigenvalue weighted by Crippen LogP contribution is -1.84. The molecule has 0 N–H and O–H groups in total. The molecule has 0 saturated heterocycles. The van der Waals surface area contributed by atoms with Crippen LogP contribution in [0.3, 0.4) is 0 Å². The van der Waals surface area contributed by atoms with Crippen LogP contribution >= 0.6 is 34.1 Å². The fraction of sp³-hybridized carbons (Fsp3) is 0.111. The van der Waals surface area contributed by atoms with Gasteiger partial charge in [-0.2, -0.15) is 4.37 Å². The molecule has 1 aromatic heterocycles. The Bertz CT molecular complexity index is 470. The predicted octanol–water partition coefficient (Wildman–Crippen LogP) is 3.26. The van der Waals surface area contributed by atoms with Crippen molar-refractivity contribution >= 4 is 34.1 Å². The minimum absolute atomic E-state index is 0.240. The van der Waals surface area contributed by atoms with Crippen molar-refractivity contribution in [1.82, 2.24) is 9.36 Å². The van der Waals surface area contributed by atoms with Crippen LogP contribution in [0.5, 0.6) is 0 Å². The maximum absolute atomic E-state index is 13.0. The first-order chi connectivity index (χ1) is 6.66. The molecule has 14 heavy (non-hydrogen) atoms. The Morgan fingerprint density at radius 3 is 2.86 bits per heavy atom. The third-order valence-corrected chi connectivity index (χ3v) is 3.39. The van der Waals surface area contributed by atoms with E-state index < -0.39 is 0 Å². The fourth-order valence-corrected chi connectivity index (χ4v) is 2.49. The molecule has 1 aromatic carbocycles. The highest BCUT2D eigenvalue weighted by Crippen LogP contribution is 2.25. The van der Waals surface area contributed by atoms with Gasteiger partial charge in [-0.25, -0.2) is 9.37 Å². The normalized spacial score (nSPS) is 10.5. The molecule has 2 aromatic rings. The highest BCUT2D eigenvalue weighted by atomic mass is 127. The van der Waals surface area contributed by atoms with Crippen LogP contribution in [-0.4, -0.2) is 9.36 Å². The third-order valence-electron chi connectivity index (χ3n) is 1.83. The van der Waals surface area contributed by atoms with Crippen LogP contribution in [0.25, 0.3) is 10.6 Å². The van der Waals surface area contributed by atoms with Crippen LogP contribution in [0.15, 0.2) is 18.2 Å². The van der Waals surface area contributed by atoms with Crippen LogP contribution < -0.4 is 0 Å². The first-order valence-corrected chi connectivity index (χ1v) is 5.78. The molecule has 0 amide bonds. The van der Waals surface area contributed by atoms with Crippen molar-refractivity contribution in [2.75, 3.05) is 0 Å². The summed E-state index contributed by atoms with van der Waals surface area (Å²) < 4.78 is 17.8. The Kier molecular flexibility index (Phi) is 2.78. The zero-order chi connectivity index (χ0) is 10.1. The third kappa shape index (κ3) is 1.93. The van der Waals surface area contributed by atoms with E-state index in [-0.39, 0.29) is 5.82 Å². The van der Waals surface area contributed by atoms with Crippen LogP contribution in [0.4, 0.5) is 4.39 Å². The Morgan fingerprint density at radius 1 is 1.43 bits per heavy atom. The SMILES string of the molecule is Cc1ccc(F)cc1-c1nc(I)ns1. The summed E-state index contributed by atoms with van der Waals surface area (Å²) in [5.41, 5.74) is 1.84. The second-order valence-electron chi connectivity index (χ2n) is 2.83. The maximum Gasteiger partial charge on any atom is 0.203 e. The zero-order valence-electron chi connectivity index (χ0n) is 7.29. The summed E-state index contributed by atoms with van der Waals surface area (Å²) in [6, 6.07) is 4.69. The highest BCUT2D eigenvalue weighted by Gasteiger charge is 2.08. The van der Waals surface area contributed by atoms with Crippen molar-refractivity contribution < 1.29 is 4.39 Å². The molecule has 5 heteroatoms. The monoisotopic (exact) mass is 320 g/mol. The van der Waals surface area contributed by atoms with E-state index in [0.29, 0.717) is 3.83 Å². The first-order valence-electron chi connectivity index (χ1n) is 3.92. The number of rotatable bonds is 1. The molecule has 0 radical (unpaired) electrons. The summed E-state index contributed by atoms with van der Waals surface area (Å²) in [6.45, 7) is 1.93. The molecule has 0 saturated carbocycles. The minimum atomic E-state index is -0.240. The highest BCUT2D eigenvalue weighted by molar-refractivity contribution is 14.1. The second kappa shape index (κ2) is 3.90. The summed E-state index contributed by atoms with van der Waals surface area (Å²) in [5, 5.41) is 0.770. The van der Waals surface area contributed by atoms with Crippen molar-refractivity contribution in [2.24, 2.45) is 0 Å². The first kappa shape index (κ1) is 9.97. The van der Waals surface area contributed by atoms with E-state index in [2.05, 4.69) is 9.36 Å². The Morgan fingerprint density at radius 2 is 2.21 bits per heavy atom. The molecule has 0 aliphatic rings. The summed E-state index contributed by atoms with van der Waals surface area (Å²) in [6.07, 6.45) is 0. The smallest absolute Gasteiger partial charge is 0.203 e. The molecule has 0 spiro atoms. The topological polar surface area (TPSA) is 25.8 Å². The van der Waals surface area contributed by atoms with Crippen LogP contribution in [0, 0.1) is 16.6 Å². The number of aryl methyl sites for hydroxylation is 1. The summed E-state index contributed by atoms with van der Waals surface area (Å²) in [4.78, 5) is 4.21. The lowest BCUT2D eigenvalue weighted by molar-refractivity contribution is 0.628. The van der Waals surface area contributed by atoms with Gasteiger partial charge in [0.15, 0.2) is 0 Å². The van der Waals surface area contributed by atoms with Gasteiger partial charge in [-0.05, 0) is 36.2 Å². The molecule has 0 fully saturated rings. The standard InChI is InChI=1S/C9H6FIN2S/c1-5-2-3-6(10)4-7(5)8-12-9(11)13-14-8/h2-4H,1H3. The molecule has 1 heterocycles. The van der Waals surface area contributed by atoms with E-state index >= 15 is 0 Å². The molecule has 0 bridgehead atoms. The molecule has 2 nitrogen and oxygen atoms in total. The van der Waals surface area contributed by atoms with Crippen molar-refractivity contribution in [1.29, 1.82) is 0 Å². The zero-order valence-corrected chi connectivity index (χ0v) is 10.3. The molecule has 0 unspecified atom stereocenters. The van der Waals surface area contributed by atoms with Crippen LogP contribution in [0.2, 0.25) is 0 Å². The number of benzene rings is 1. The van der Waals surface area contributed by atoms with E-state index in [0.717, 1.165) is 16.1 Å². The van der Waals surface area contributed by atoms with E-state index in [4.69, 9.17) is 0 Å². The van der Waals surface area contributed by atoms with E-state index in [1.54, 1.807) is 6.07 Å². The van der Waals surface area contributed by atoms with Gasteiger partial charge in [-0.3, -0.25) is 0 Å². The number of hydrogen-bond donors (Lipinski definition) is 0. The molecular weight excluding hydrogens is 314 g/mol.